The van der Waals surface area contributed by atoms with Gasteiger partial charge in [-0.1, -0.05) is 60.7 Å². The minimum absolute atomic E-state index is 0.213. The van der Waals surface area contributed by atoms with Crippen molar-refractivity contribution in [1.82, 2.24) is 0 Å². The molecule has 0 amide bonds. The molecule has 0 radical (unpaired) electrons. The van der Waals surface area contributed by atoms with Crippen LogP contribution in [0.5, 0.6) is 0 Å². The molecule has 2 aliphatic rings. The minimum Gasteiger partial charge on any atom is -0.461 e. The standard InChI is InChI=1S/C31H26Cl4O7/c32-25-26(33)30(25,17-23(38)41-15-7-13-21(36)19-9-3-1-4-10-19)29(40)31(27(34)28(31)35)18-24(39)42-16-8-14-22(37)20-11-5-2-6-12-20/h1-14,25-28H,15-18H2. The van der Waals surface area contributed by atoms with Gasteiger partial charge in [-0.3, -0.25) is 24.0 Å². The van der Waals surface area contributed by atoms with Crippen molar-refractivity contribution in [2.45, 2.75) is 34.3 Å². The number of hydrogen-bond acceptors (Lipinski definition) is 7. The Hall–Kier alpha value is -2.97. The fraction of sp³-hybridized carbons (Fsp3) is 0.323. The van der Waals surface area contributed by atoms with Gasteiger partial charge < -0.3 is 9.47 Å². The Morgan fingerprint density at radius 3 is 1.24 bits per heavy atom. The van der Waals surface area contributed by atoms with Crippen LogP contribution < -0.4 is 0 Å². The average Bonchev–Trinajstić information content (AvgIpc) is 3.74. The topological polar surface area (TPSA) is 104 Å². The van der Waals surface area contributed by atoms with Crippen LogP contribution >= 0.6 is 46.4 Å². The highest BCUT2D eigenvalue weighted by Gasteiger charge is 2.80. The SMILES string of the molecule is O=C(CC1(C(=O)C2(CC(=O)OCC=CC(=O)c3ccccc3)C(Cl)C2Cl)C(Cl)C1Cl)OCC=CC(=O)c1ccccc1. The van der Waals surface area contributed by atoms with E-state index in [2.05, 4.69) is 0 Å². The smallest absolute Gasteiger partial charge is 0.307 e. The molecule has 2 aromatic rings. The van der Waals surface area contributed by atoms with E-state index in [0.717, 1.165) is 0 Å². The maximum atomic E-state index is 13.8. The number of halogens is 4. The van der Waals surface area contributed by atoms with Crippen molar-refractivity contribution in [3.05, 3.63) is 96.1 Å². The van der Waals surface area contributed by atoms with Gasteiger partial charge in [0.15, 0.2) is 17.3 Å². The van der Waals surface area contributed by atoms with Gasteiger partial charge in [0, 0.05) is 11.1 Å². The Morgan fingerprint density at radius 2 is 0.929 bits per heavy atom. The van der Waals surface area contributed by atoms with Gasteiger partial charge in [0.05, 0.1) is 45.2 Å². The summed E-state index contributed by atoms with van der Waals surface area (Å²) in [6.45, 7) is -0.425. The molecule has 220 valence electrons. The van der Waals surface area contributed by atoms with E-state index in [9.17, 15) is 24.0 Å². The van der Waals surface area contributed by atoms with Crippen LogP contribution in [0.25, 0.3) is 0 Å². The van der Waals surface area contributed by atoms with Crippen LogP contribution in [0.15, 0.2) is 85.0 Å². The first-order chi connectivity index (χ1) is 20.1. The van der Waals surface area contributed by atoms with Crippen LogP contribution in [-0.2, 0) is 23.9 Å². The van der Waals surface area contributed by atoms with Crippen LogP contribution in [0, 0.1) is 10.8 Å². The van der Waals surface area contributed by atoms with E-state index in [1.807, 2.05) is 0 Å². The number of ether oxygens (including phenoxy) is 2. The maximum Gasteiger partial charge on any atom is 0.307 e. The highest BCUT2D eigenvalue weighted by atomic mass is 35.5. The number of ketones is 3. The van der Waals surface area contributed by atoms with Gasteiger partial charge in [-0.2, -0.15) is 0 Å². The number of allylic oxidation sites excluding steroid dienone is 2. The Balaban J connectivity index is 1.33. The number of Topliss-reactive ketones (excluding diaryl/α,β-unsaturated/α-hetero) is 1. The molecule has 0 bridgehead atoms. The lowest BCUT2D eigenvalue weighted by Gasteiger charge is -2.22. The molecule has 4 rings (SSSR count). The molecule has 0 saturated heterocycles. The number of carbonyl (C=O) groups is 5. The Bertz CT molecular complexity index is 1290. The summed E-state index contributed by atoms with van der Waals surface area (Å²) in [5, 5.41) is -3.66. The van der Waals surface area contributed by atoms with Gasteiger partial charge in [0.2, 0.25) is 0 Å². The molecule has 0 aromatic heterocycles. The Morgan fingerprint density at radius 1 is 0.595 bits per heavy atom. The van der Waals surface area contributed by atoms with E-state index in [1.54, 1.807) is 60.7 Å². The summed E-state index contributed by atoms with van der Waals surface area (Å²) in [6, 6.07) is 17.1. The van der Waals surface area contributed by atoms with Crippen molar-refractivity contribution in [2.24, 2.45) is 10.8 Å². The lowest BCUT2D eigenvalue weighted by Crippen LogP contribution is -2.36. The second-order valence-corrected chi connectivity index (χ2v) is 11.9. The molecule has 2 saturated carbocycles. The third-order valence-electron chi connectivity index (χ3n) is 7.32. The van der Waals surface area contributed by atoms with Crippen molar-refractivity contribution >= 4 is 75.7 Å². The number of esters is 2. The summed E-state index contributed by atoms with van der Waals surface area (Å²) >= 11 is 25.4. The van der Waals surface area contributed by atoms with Gasteiger partial charge in [-0.25, -0.2) is 0 Å². The van der Waals surface area contributed by atoms with Crippen molar-refractivity contribution in [3.63, 3.8) is 0 Å². The summed E-state index contributed by atoms with van der Waals surface area (Å²) < 4.78 is 10.4. The molecule has 4 unspecified atom stereocenters. The number of carbonyl (C=O) groups excluding carboxylic acids is 5. The van der Waals surface area contributed by atoms with Crippen LogP contribution in [0.3, 0.4) is 0 Å². The fourth-order valence-corrected chi connectivity index (χ4v) is 6.74. The summed E-state index contributed by atoms with van der Waals surface area (Å²) in [6.07, 6.45) is 4.42. The summed E-state index contributed by atoms with van der Waals surface area (Å²) in [5.74, 6) is -2.65. The zero-order valence-corrected chi connectivity index (χ0v) is 25.1. The van der Waals surface area contributed by atoms with E-state index in [1.165, 1.54) is 24.3 Å². The quantitative estimate of drug-likeness (QED) is 0.111. The first-order valence-corrected chi connectivity index (χ1v) is 14.7. The van der Waals surface area contributed by atoms with Crippen LogP contribution in [0.2, 0.25) is 0 Å². The second kappa shape index (κ2) is 13.6. The first-order valence-electron chi connectivity index (χ1n) is 13.0. The zero-order valence-electron chi connectivity index (χ0n) is 22.1. The van der Waals surface area contributed by atoms with Crippen LogP contribution in [-0.4, -0.2) is 64.0 Å². The summed E-state index contributed by atoms with van der Waals surface area (Å²) in [7, 11) is 0. The minimum atomic E-state index is -1.54. The third kappa shape index (κ3) is 6.65. The lowest BCUT2D eigenvalue weighted by atomic mass is 9.83. The predicted octanol–water partition coefficient (Wildman–Crippen LogP) is 5.73. The third-order valence-corrected chi connectivity index (χ3v) is 10.1. The van der Waals surface area contributed by atoms with E-state index >= 15 is 0 Å². The molecule has 4 atom stereocenters. The van der Waals surface area contributed by atoms with Gasteiger partial charge in [0.1, 0.15) is 13.2 Å². The second-order valence-electron chi connectivity index (χ2n) is 10.0. The molecule has 11 heteroatoms. The summed E-state index contributed by atoms with van der Waals surface area (Å²) in [4.78, 5) is 63.5. The molecule has 0 aliphatic heterocycles. The largest absolute Gasteiger partial charge is 0.461 e. The van der Waals surface area contributed by atoms with E-state index in [-0.39, 0.29) is 24.8 Å². The van der Waals surface area contributed by atoms with Crippen LogP contribution in [0.4, 0.5) is 0 Å². The molecular formula is C31H26Cl4O7. The highest BCUT2D eigenvalue weighted by Crippen LogP contribution is 2.68. The van der Waals surface area contributed by atoms with E-state index in [0.29, 0.717) is 11.1 Å². The van der Waals surface area contributed by atoms with Gasteiger partial charge in [-0.05, 0) is 24.3 Å². The van der Waals surface area contributed by atoms with Gasteiger partial charge in [-0.15, -0.1) is 46.4 Å². The summed E-state index contributed by atoms with van der Waals surface area (Å²) in [5.41, 5.74) is -2.12. The number of alkyl halides is 4. The fourth-order valence-electron chi connectivity index (χ4n) is 4.75. The maximum absolute atomic E-state index is 13.8. The first kappa shape index (κ1) is 32.0. The Labute approximate surface area is 262 Å². The van der Waals surface area contributed by atoms with Crippen molar-refractivity contribution < 1.29 is 33.4 Å². The molecule has 2 fully saturated rings. The predicted molar refractivity (Wildman–Crippen MR) is 159 cm³/mol. The number of hydrogen-bond donors (Lipinski definition) is 0. The normalized spacial score (nSPS) is 27.9. The monoisotopic (exact) mass is 650 g/mol. The molecule has 7 nitrogen and oxygen atoms in total. The zero-order chi connectivity index (χ0) is 30.5. The van der Waals surface area contributed by atoms with Crippen LogP contribution in [0.1, 0.15) is 33.6 Å². The molecule has 0 N–H and O–H groups in total. The van der Waals surface area contributed by atoms with Crippen molar-refractivity contribution in [2.75, 3.05) is 13.2 Å². The van der Waals surface area contributed by atoms with Crippen molar-refractivity contribution in [1.29, 1.82) is 0 Å². The van der Waals surface area contributed by atoms with Crippen molar-refractivity contribution in [3.8, 4) is 0 Å². The molecule has 0 heterocycles. The van der Waals surface area contributed by atoms with E-state index < -0.39 is 62.9 Å². The molecule has 2 aliphatic carbocycles. The molecular weight excluding hydrogens is 626 g/mol. The molecule has 2 aromatic carbocycles. The number of benzene rings is 2. The highest BCUT2D eigenvalue weighted by molar-refractivity contribution is 6.43. The van der Waals surface area contributed by atoms with Gasteiger partial charge in [0.25, 0.3) is 0 Å². The average molecular weight is 652 g/mol. The lowest BCUT2D eigenvalue weighted by molar-refractivity contribution is -0.149. The molecule has 0 spiro atoms. The van der Waals surface area contributed by atoms with E-state index in [4.69, 9.17) is 55.9 Å². The number of rotatable bonds is 14. The van der Waals surface area contributed by atoms with Gasteiger partial charge >= 0.3 is 11.9 Å². The Kier molecular flexibility index (Phi) is 10.3. The molecule has 42 heavy (non-hydrogen) atoms.